The van der Waals surface area contributed by atoms with E-state index < -0.39 is 11.0 Å². The van der Waals surface area contributed by atoms with Crippen molar-refractivity contribution < 1.29 is 13.9 Å². The lowest BCUT2D eigenvalue weighted by Gasteiger charge is -2.36. The molecule has 4 rings (SSSR count). The highest BCUT2D eigenvalue weighted by molar-refractivity contribution is 9.10. The molecule has 1 amide bonds. The van der Waals surface area contributed by atoms with Crippen molar-refractivity contribution >= 4 is 38.5 Å². The van der Waals surface area contributed by atoms with E-state index in [4.69, 9.17) is 9.15 Å². The molecule has 0 atom stereocenters. The van der Waals surface area contributed by atoms with Crippen LogP contribution in [-0.4, -0.2) is 19.1 Å². The van der Waals surface area contributed by atoms with Crippen molar-refractivity contribution in [2.45, 2.75) is 18.3 Å². The summed E-state index contributed by atoms with van der Waals surface area (Å²) < 4.78 is 11.6. The Labute approximate surface area is 164 Å². The SMILES string of the molecule is O=C(Nc1ccc2oc(=O)ccc2c1)C1(c2ccc(Br)cc2)CCOCC1. The van der Waals surface area contributed by atoms with Gasteiger partial charge in [0.05, 0.1) is 5.41 Å². The van der Waals surface area contributed by atoms with Gasteiger partial charge in [-0.15, -0.1) is 0 Å². The first kappa shape index (κ1) is 17.9. The number of fused-ring (bicyclic) bond motifs is 1. The van der Waals surface area contributed by atoms with Crippen molar-refractivity contribution in [3.63, 3.8) is 0 Å². The Bertz CT molecular complexity index is 1040. The molecule has 1 aliphatic heterocycles. The van der Waals surface area contributed by atoms with Crippen LogP contribution in [0.1, 0.15) is 18.4 Å². The number of ether oxygens (including phenoxy) is 1. The standard InChI is InChI=1S/C21H18BrNO4/c22-16-4-2-15(3-5-16)21(9-11-26-12-10-21)20(25)23-17-6-7-18-14(13-17)1-8-19(24)27-18/h1-8,13H,9-12H2,(H,23,25). The van der Waals surface area contributed by atoms with E-state index in [1.54, 1.807) is 18.2 Å². The minimum atomic E-state index is -0.628. The number of carbonyl (C=O) groups is 1. The van der Waals surface area contributed by atoms with Gasteiger partial charge in [0, 0.05) is 34.8 Å². The molecule has 27 heavy (non-hydrogen) atoms. The number of anilines is 1. The molecule has 1 fully saturated rings. The van der Waals surface area contributed by atoms with Crippen LogP contribution in [0.25, 0.3) is 11.0 Å². The molecule has 1 saturated heterocycles. The van der Waals surface area contributed by atoms with E-state index in [2.05, 4.69) is 21.2 Å². The minimum absolute atomic E-state index is 0.0511. The fourth-order valence-electron chi connectivity index (χ4n) is 3.54. The van der Waals surface area contributed by atoms with Crippen molar-refractivity contribution in [3.8, 4) is 0 Å². The van der Waals surface area contributed by atoms with Crippen LogP contribution in [0.2, 0.25) is 0 Å². The van der Waals surface area contributed by atoms with E-state index >= 15 is 0 Å². The van der Waals surface area contributed by atoms with Crippen LogP contribution in [0.4, 0.5) is 5.69 Å². The molecule has 0 bridgehead atoms. The van der Waals surface area contributed by atoms with Gasteiger partial charge in [0.15, 0.2) is 0 Å². The fourth-order valence-corrected chi connectivity index (χ4v) is 3.80. The molecule has 0 aliphatic carbocycles. The van der Waals surface area contributed by atoms with Crippen LogP contribution in [0.5, 0.6) is 0 Å². The van der Waals surface area contributed by atoms with Gasteiger partial charge in [-0.1, -0.05) is 28.1 Å². The van der Waals surface area contributed by atoms with Crippen LogP contribution in [0.15, 0.2) is 68.3 Å². The molecule has 138 valence electrons. The Morgan fingerprint density at radius 3 is 2.48 bits per heavy atom. The Kier molecular flexibility index (Phi) is 4.85. The number of halogens is 1. The molecular weight excluding hydrogens is 410 g/mol. The van der Waals surface area contributed by atoms with Crippen LogP contribution in [-0.2, 0) is 14.9 Å². The van der Waals surface area contributed by atoms with E-state index in [1.807, 2.05) is 30.3 Å². The van der Waals surface area contributed by atoms with Crippen molar-refractivity contribution in [1.29, 1.82) is 0 Å². The molecule has 6 heteroatoms. The van der Waals surface area contributed by atoms with Crippen LogP contribution < -0.4 is 10.9 Å². The van der Waals surface area contributed by atoms with Gasteiger partial charge in [-0.05, 0) is 54.8 Å². The molecule has 1 aliphatic rings. The zero-order chi connectivity index (χ0) is 18.9. The van der Waals surface area contributed by atoms with Gasteiger partial charge >= 0.3 is 5.63 Å². The first-order valence-corrected chi connectivity index (χ1v) is 9.55. The van der Waals surface area contributed by atoms with Crippen LogP contribution in [0.3, 0.4) is 0 Å². The van der Waals surface area contributed by atoms with Gasteiger partial charge < -0.3 is 14.5 Å². The number of amides is 1. The monoisotopic (exact) mass is 427 g/mol. The molecule has 0 spiro atoms. The summed E-state index contributed by atoms with van der Waals surface area (Å²) in [5.74, 6) is -0.0511. The number of hydrogen-bond acceptors (Lipinski definition) is 4. The number of nitrogens with one attached hydrogen (secondary N) is 1. The number of carbonyl (C=O) groups excluding carboxylic acids is 1. The average molecular weight is 428 g/mol. The summed E-state index contributed by atoms with van der Waals surface area (Å²) in [6, 6.07) is 16.2. The van der Waals surface area contributed by atoms with E-state index in [0.29, 0.717) is 37.3 Å². The zero-order valence-electron chi connectivity index (χ0n) is 14.5. The number of benzene rings is 2. The van der Waals surface area contributed by atoms with Crippen LogP contribution in [0, 0.1) is 0 Å². The van der Waals surface area contributed by atoms with Gasteiger partial charge in [-0.3, -0.25) is 4.79 Å². The summed E-state index contributed by atoms with van der Waals surface area (Å²) >= 11 is 3.45. The molecule has 0 saturated carbocycles. The fraction of sp³-hybridized carbons (Fsp3) is 0.238. The molecule has 3 aromatic rings. The second kappa shape index (κ2) is 7.29. The smallest absolute Gasteiger partial charge is 0.336 e. The molecule has 5 nitrogen and oxygen atoms in total. The van der Waals surface area contributed by atoms with E-state index in [1.165, 1.54) is 6.07 Å². The summed E-state index contributed by atoms with van der Waals surface area (Å²) in [6.07, 6.45) is 1.26. The van der Waals surface area contributed by atoms with Crippen molar-refractivity contribution in [3.05, 3.63) is 75.1 Å². The number of hydrogen-bond donors (Lipinski definition) is 1. The molecule has 2 heterocycles. The summed E-state index contributed by atoms with van der Waals surface area (Å²) in [5.41, 5.74) is 1.13. The quantitative estimate of drug-likeness (QED) is 0.634. The van der Waals surface area contributed by atoms with Gasteiger partial charge in [0.2, 0.25) is 5.91 Å². The Morgan fingerprint density at radius 2 is 1.74 bits per heavy atom. The Balaban J connectivity index is 1.67. The first-order chi connectivity index (χ1) is 13.1. The normalized spacial score (nSPS) is 16.2. The highest BCUT2D eigenvalue weighted by atomic mass is 79.9. The summed E-state index contributed by atoms with van der Waals surface area (Å²) in [7, 11) is 0. The lowest BCUT2D eigenvalue weighted by atomic mass is 9.73. The van der Waals surface area contributed by atoms with Crippen molar-refractivity contribution in [2.75, 3.05) is 18.5 Å². The largest absolute Gasteiger partial charge is 0.423 e. The van der Waals surface area contributed by atoms with Gasteiger partial charge in [0.1, 0.15) is 5.58 Å². The predicted molar refractivity (Wildman–Crippen MR) is 107 cm³/mol. The summed E-state index contributed by atoms with van der Waals surface area (Å²) in [5, 5.41) is 3.81. The summed E-state index contributed by atoms with van der Waals surface area (Å²) in [4.78, 5) is 24.6. The lowest BCUT2D eigenvalue weighted by Crippen LogP contribution is -2.44. The molecule has 0 radical (unpaired) electrons. The van der Waals surface area contributed by atoms with Gasteiger partial charge in [-0.2, -0.15) is 0 Å². The highest BCUT2D eigenvalue weighted by Crippen LogP contribution is 2.37. The molecular formula is C21H18BrNO4. The van der Waals surface area contributed by atoms with Gasteiger partial charge in [0.25, 0.3) is 0 Å². The third-order valence-electron chi connectivity index (χ3n) is 5.05. The second-order valence-electron chi connectivity index (χ2n) is 6.66. The van der Waals surface area contributed by atoms with E-state index in [-0.39, 0.29) is 5.91 Å². The minimum Gasteiger partial charge on any atom is -0.423 e. The lowest BCUT2D eigenvalue weighted by molar-refractivity contribution is -0.125. The third kappa shape index (κ3) is 3.55. The van der Waals surface area contributed by atoms with E-state index in [9.17, 15) is 9.59 Å². The van der Waals surface area contributed by atoms with Crippen LogP contribution >= 0.6 is 15.9 Å². The zero-order valence-corrected chi connectivity index (χ0v) is 16.1. The van der Waals surface area contributed by atoms with Gasteiger partial charge in [-0.25, -0.2) is 4.79 Å². The average Bonchev–Trinajstić information content (AvgIpc) is 2.69. The summed E-state index contributed by atoms with van der Waals surface area (Å²) in [6.45, 7) is 1.10. The molecule has 2 aromatic carbocycles. The third-order valence-corrected chi connectivity index (χ3v) is 5.58. The molecule has 1 aromatic heterocycles. The molecule has 0 unspecified atom stereocenters. The first-order valence-electron chi connectivity index (χ1n) is 8.76. The van der Waals surface area contributed by atoms with E-state index in [0.717, 1.165) is 15.4 Å². The maximum Gasteiger partial charge on any atom is 0.336 e. The van der Waals surface area contributed by atoms with Crippen molar-refractivity contribution in [2.24, 2.45) is 0 Å². The maximum atomic E-state index is 13.3. The predicted octanol–water partition coefficient (Wildman–Crippen LogP) is 4.24. The topological polar surface area (TPSA) is 68.5 Å². The number of rotatable bonds is 3. The Morgan fingerprint density at radius 1 is 1.00 bits per heavy atom. The maximum absolute atomic E-state index is 13.3. The van der Waals surface area contributed by atoms with Crippen molar-refractivity contribution in [1.82, 2.24) is 0 Å². The molecule has 1 N–H and O–H groups in total. The highest BCUT2D eigenvalue weighted by Gasteiger charge is 2.41. The Hall–Kier alpha value is -2.44. The second-order valence-corrected chi connectivity index (χ2v) is 7.58.